The van der Waals surface area contributed by atoms with Crippen molar-refractivity contribution in [1.82, 2.24) is 10.2 Å². The standard InChI is InChI=1S/C17H16Cl2N2O/c1-11(12-6-3-2-4-7-12)21-10-15(22)20-17(21)16-13(18)8-5-9-14(16)19/h2-9,11,17H,10H2,1H3,(H,20,22)/t11-,17-/m0/s1. The Hall–Kier alpha value is -1.55. The normalized spacial score (nSPS) is 20.0. The van der Waals surface area contributed by atoms with Gasteiger partial charge in [-0.05, 0) is 24.6 Å². The van der Waals surface area contributed by atoms with Crippen molar-refractivity contribution in [3.63, 3.8) is 0 Å². The zero-order valence-electron chi connectivity index (χ0n) is 12.1. The molecule has 1 heterocycles. The van der Waals surface area contributed by atoms with Crippen LogP contribution in [0.1, 0.15) is 30.3 Å². The van der Waals surface area contributed by atoms with E-state index in [0.29, 0.717) is 16.6 Å². The van der Waals surface area contributed by atoms with Crippen LogP contribution in [-0.2, 0) is 4.79 Å². The predicted octanol–water partition coefficient (Wildman–Crippen LogP) is 4.19. The second kappa shape index (κ2) is 6.29. The van der Waals surface area contributed by atoms with Crippen LogP contribution in [-0.4, -0.2) is 17.4 Å². The van der Waals surface area contributed by atoms with Gasteiger partial charge in [-0.2, -0.15) is 0 Å². The summed E-state index contributed by atoms with van der Waals surface area (Å²) in [7, 11) is 0. The molecule has 0 aromatic heterocycles. The maximum Gasteiger partial charge on any atom is 0.235 e. The van der Waals surface area contributed by atoms with Crippen LogP contribution in [0, 0.1) is 0 Å². The highest BCUT2D eigenvalue weighted by atomic mass is 35.5. The summed E-state index contributed by atoms with van der Waals surface area (Å²) in [5.41, 5.74) is 1.90. The van der Waals surface area contributed by atoms with Gasteiger partial charge in [-0.1, -0.05) is 59.6 Å². The molecular weight excluding hydrogens is 319 g/mol. The van der Waals surface area contributed by atoms with Gasteiger partial charge in [-0.25, -0.2) is 0 Å². The highest BCUT2D eigenvalue weighted by molar-refractivity contribution is 6.36. The summed E-state index contributed by atoms with van der Waals surface area (Å²) in [6.45, 7) is 2.40. The minimum atomic E-state index is -0.316. The molecule has 5 heteroatoms. The number of hydrogen-bond acceptors (Lipinski definition) is 2. The number of nitrogens with zero attached hydrogens (tertiary/aromatic N) is 1. The SMILES string of the molecule is C[C@@H](c1ccccc1)N1CC(=O)N[C@@H]1c1c(Cl)cccc1Cl. The van der Waals surface area contributed by atoms with Crippen molar-refractivity contribution >= 4 is 29.1 Å². The van der Waals surface area contributed by atoms with Crippen molar-refractivity contribution in [3.05, 3.63) is 69.7 Å². The van der Waals surface area contributed by atoms with E-state index in [1.165, 1.54) is 0 Å². The zero-order chi connectivity index (χ0) is 15.7. The molecule has 1 fully saturated rings. The summed E-state index contributed by atoms with van der Waals surface area (Å²) in [6.07, 6.45) is -0.316. The molecule has 2 aromatic carbocycles. The van der Waals surface area contributed by atoms with Crippen molar-refractivity contribution in [2.45, 2.75) is 19.1 Å². The van der Waals surface area contributed by atoms with Gasteiger partial charge in [0.25, 0.3) is 0 Å². The van der Waals surface area contributed by atoms with Crippen molar-refractivity contribution in [2.24, 2.45) is 0 Å². The molecule has 1 N–H and O–H groups in total. The first-order valence-corrected chi connectivity index (χ1v) is 7.87. The van der Waals surface area contributed by atoms with E-state index in [1.54, 1.807) is 18.2 Å². The maximum atomic E-state index is 12.0. The van der Waals surface area contributed by atoms with E-state index in [1.807, 2.05) is 18.2 Å². The van der Waals surface area contributed by atoms with Crippen LogP contribution in [0.25, 0.3) is 0 Å². The highest BCUT2D eigenvalue weighted by Crippen LogP contribution is 2.38. The number of benzene rings is 2. The van der Waals surface area contributed by atoms with Crippen LogP contribution >= 0.6 is 23.2 Å². The molecule has 1 saturated heterocycles. The summed E-state index contributed by atoms with van der Waals surface area (Å²) in [6, 6.07) is 15.5. The molecule has 0 radical (unpaired) electrons. The Kier molecular flexibility index (Phi) is 4.39. The van der Waals surface area contributed by atoms with Gasteiger partial charge in [0.1, 0.15) is 6.17 Å². The average Bonchev–Trinajstić information content (AvgIpc) is 2.89. The van der Waals surface area contributed by atoms with Crippen LogP contribution in [0.4, 0.5) is 0 Å². The van der Waals surface area contributed by atoms with Crippen LogP contribution in [0.3, 0.4) is 0 Å². The van der Waals surface area contributed by atoms with E-state index in [2.05, 4.69) is 29.3 Å². The van der Waals surface area contributed by atoms with Crippen molar-refractivity contribution in [1.29, 1.82) is 0 Å². The second-order valence-electron chi connectivity index (χ2n) is 5.36. The molecular formula is C17H16Cl2N2O. The van der Waals surface area contributed by atoms with Gasteiger partial charge in [0.2, 0.25) is 5.91 Å². The molecule has 0 unspecified atom stereocenters. The number of halogens is 2. The molecule has 0 bridgehead atoms. The van der Waals surface area contributed by atoms with Crippen molar-refractivity contribution in [2.75, 3.05) is 6.54 Å². The van der Waals surface area contributed by atoms with Gasteiger partial charge in [0, 0.05) is 21.7 Å². The van der Waals surface area contributed by atoms with Gasteiger partial charge in [0.05, 0.1) is 6.54 Å². The monoisotopic (exact) mass is 334 g/mol. The lowest BCUT2D eigenvalue weighted by Gasteiger charge is -2.30. The van der Waals surface area contributed by atoms with Crippen molar-refractivity contribution < 1.29 is 4.79 Å². The fourth-order valence-electron chi connectivity index (χ4n) is 2.83. The molecule has 1 aliphatic heterocycles. The number of hydrogen-bond donors (Lipinski definition) is 1. The molecule has 3 rings (SSSR count). The van der Waals surface area contributed by atoms with Gasteiger partial charge < -0.3 is 5.32 Å². The Morgan fingerprint density at radius 2 is 1.73 bits per heavy atom. The Morgan fingerprint density at radius 3 is 2.36 bits per heavy atom. The van der Waals surface area contributed by atoms with E-state index >= 15 is 0 Å². The number of carbonyl (C=O) groups is 1. The summed E-state index contributed by atoms with van der Waals surface area (Å²) in [5.74, 6) is -0.0243. The first-order valence-electron chi connectivity index (χ1n) is 7.12. The lowest BCUT2D eigenvalue weighted by molar-refractivity contribution is -0.118. The number of amides is 1. The lowest BCUT2D eigenvalue weighted by Crippen LogP contribution is -2.30. The molecule has 0 aliphatic carbocycles. The molecule has 22 heavy (non-hydrogen) atoms. The first kappa shape index (κ1) is 15.3. The smallest absolute Gasteiger partial charge is 0.235 e. The molecule has 3 nitrogen and oxygen atoms in total. The van der Waals surface area contributed by atoms with Gasteiger partial charge in [-0.15, -0.1) is 0 Å². The van der Waals surface area contributed by atoms with Gasteiger partial charge in [0.15, 0.2) is 0 Å². The first-order chi connectivity index (χ1) is 10.6. The third-order valence-corrected chi connectivity index (χ3v) is 4.67. The Balaban J connectivity index is 1.98. The number of carbonyl (C=O) groups excluding carboxylic acids is 1. The van der Waals surface area contributed by atoms with E-state index in [4.69, 9.17) is 23.2 Å². The molecule has 0 spiro atoms. The zero-order valence-corrected chi connectivity index (χ0v) is 13.6. The van der Waals surface area contributed by atoms with Crippen LogP contribution < -0.4 is 5.32 Å². The Morgan fingerprint density at radius 1 is 1.09 bits per heavy atom. The van der Waals surface area contributed by atoms with Crippen molar-refractivity contribution in [3.8, 4) is 0 Å². The van der Waals surface area contributed by atoms with E-state index < -0.39 is 0 Å². The Bertz CT molecular complexity index is 670. The largest absolute Gasteiger partial charge is 0.335 e. The third-order valence-electron chi connectivity index (χ3n) is 4.01. The van der Waals surface area contributed by atoms with E-state index in [-0.39, 0.29) is 18.1 Å². The molecule has 2 aromatic rings. The highest BCUT2D eigenvalue weighted by Gasteiger charge is 2.36. The van der Waals surface area contributed by atoms with Crippen LogP contribution in [0.5, 0.6) is 0 Å². The maximum absolute atomic E-state index is 12.0. The lowest BCUT2D eigenvalue weighted by atomic mass is 10.0. The Labute approximate surface area is 139 Å². The van der Waals surface area contributed by atoms with Crippen LogP contribution in [0.2, 0.25) is 10.0 Å². The molecule has 2 atom stereocenters. The number of rotatable bonds is 3. The summed E-state index contributed by atoms with van der Waals surface area (Å²) >= 11 is 12.6. The summed E-state index contributed by atoms with van der Waals surface area (Å²) in [4.78, 5) is 14.0. The molecule has 114 valence electrons. The minimum absolute atomic E-state index is 0.0243. The topological polar surface area (TPSA) is 32.3 Å². The van der Waals surface area contributed by atoms with Gasteiger partial charge >= 0.3 is 0 Å². The average molecular weight is 335 g/mol. The van der Waals surface area contributed by atoms with Crippen LogP contribution in [0.15, 0.2) is 48.5 Å². The molecule has 1 amide bonds. The van der Waals surface area contributed by atoms with E-state index in [9.17, 15) is 4.79 Å². The molecule has 1 aliphatic rings. The number of nitrogens with one attached hydrogen (secondary N) is 1. The minimum Gasteiger partial charge on any atom is -0.335 e. The fourth-order valence-corrected chi connectivity index (χ4v) is 3.44. The fraction of sp³-hybridized carbons (Fsp3) is 0.235. The van der Waals surface area contributed by atoms with E-state index in [0.717, 1.165) is 11.1 Å². The third kappa shape index (κ3) is 2.84. The predicted molar refractivity (Wildman–Crippen MR) is 88.9 cm³/mol. The summed E-state index contributed by atoms with van der Waals surface area (Å²) < 4.78 is 0. The van der Waals surface area contributed by atoms with Gasteiger partial charge in [-0.3, -0.25) is 9.69 Å². The molecule has 0 saturated carbocycles. The summed E-state index contributed by atoms with van der Waals surface area (Å²) in [5, 5.41) is 4.09. The quantitative estimate of drug-likeness (QED) is 0.912. The second-order valence-corrected chi connectivity index (χ2v) is 6.18.